The summed E-state index contributed by atoms with van der Waals surface area (Å²) in [5, 5.41) is 0. The third-order valence-corrected chi connectivity index (χ3v) is 6.52. The Hall–Kier alpha value is -1.08. The van der Waals surface area contributed by atoms with Gasteiger partial charge in [-0.3, -0.25) is 0 Å². The van der Waals surface area contributed by atoms with E-state index < -0.39 is 0 Å². The normalized spacial score (nSPS) is 26.4. The maximum absolute atomic E-state index is 6.27. The molecule has 0 aliphatic carbocycles. The summed E-state index contributed by atoms with van der Waals surface area (Å²) < 4.78 is 7.75. The minimum absolute atomic E-state index is 0.264. The number of hydrogen-bond acceptors (Lipinski definition) is 1. The fourth-order valence-corrected chi connectivity index (χ4v) is 5.34. The minimum atomic E-state index is 0.264. The molecule has 0 N–H and O–H groups in total. The Morgan fingerprint density at radius 2 is 1.55 bits per heavy atom. The Morgan fingerprint density at radius 1 is 0.900 bits per heavy atom. The second kappa shape index (κ2) is 6.58. The molecule has 1 aliphatic heterocycles. The second-order valence-electron chi connectivity index (χ2n) is 5.32. The van der Waals surface area contributed by atoms with E-state index in [0.29, 0.717) is 25.9 Å². The van der Waals surface area contributed by atoms with Gasteiger partial charge in [0.05, 0.1) is 0 Å². The number of rotatable bonds is 3. The van der Waals surface area contributed by atoms with Gasteiger partial charge in [0.2, 0.25) is 0 Å². The molecule has 20 heavy (non-hydrogen) atoms. The molecule has 1 nitrogen and oxygen atoms in total. The van der Waals surface area contributed by atoms with Crippen molar-refractivity contribution in [2.75, 3.05) is 0 Å². The average molecular weight is 331 g/mol. The van der Waals surface area contributed by atoms with Gasteiger partial charge in [0.25, 0.3) is 0 Å². The van der Waals surface area contributed by atoms with Gasteiger partial charge in [-0.1, -0.05) is 0 Å². The Labute approximate surface area is 127 Å². The van der Waals surface area contributed by atoms with Gasteiger partial charge in [-0.25, -0.2) is 0 Å². The van der Waals surface area contributed by atoms with Gasteiger partial charge >= 0.3 is 127 Å². The van der Waals surface area contributed by atoms with Crippen molar-refractivity contribution in [1.29, 1.82) is 0 Å². The van der Waals surface area contributed by atoms with Crippen LogP contribution in [0, 0.1) is 0 Å². The van der Waals surface area contributed by atoms with Crippen molar-refractivity contribution in [3.05, 3.63) is 66.2 Å². The van der Waals surface area contributed by atoms with Crippen LogP contribution in [0.15, 0.2) is 60.7 Å². The monoisotopic (exact) mass is 332 g/mol. The molecule has 1 heterocycles. The van der Waals surface area contributed by atoms with Gasteiger partial charge < -0.3 is 0 Å². The van der Waals surface area contributed by atoms with Crippen molar-refractivity contribution in [3.63, 3.8) is 0 Å². The molecule has 104 valence electrons. The van der Waals surface area contributed by atoms with E-state index in [1.165, 1.54) is 22.9 Å². The Balaban J connectivity index is 1.80. The molecule has 1 unspecified atom stereocenters. The summed E-state index contributed by atoms with van der Waals surface area (Å²) in [4.78, 5) is 0.642. The Morgan fingerprint density at radius 3 is 2.25 bits per heavy atom. The number of ether oxygens (including phenoxy) is 1. The van der Waals surface area contributed by atoms with Crippen LogP contribution in [0.5, 0.6) is 0 Å². The van der Waals surface area contributed by atoms with Crippen molar-refractivity contribution in [2.24, 2.45) is 0 Å². The molecule has 2 aromatic rings. The van der Waals surface area contributed by atoms with Crippen LogP contribution < -0.4 is 4.46 Å². The Kier molecular flexibility index (Phi) is 4.57. The van der Waals surface area contributed by atoms with Gasteiger partial charge in [-0.05, 0) is 0 Å². The third-order valence-electron chi connectivity index (χ3n) is 3.73. The van der Waals surface area contributed by atoms with E-state index in [9.17, 15) is 0 Å². The van der Waals surface area contributed by atoms with Crippen LogP contribution in [0.4, 0.5) is 0 Å². The van der Waals surface area contributed by atoms with Gasteiger partial charge in [0.1, 0.15) is 0 Å². The number of hydrogen-bond donors (Lipinski definition) is 0. The third kappa shape index (κ3) is 3.32. The van der Waals surface area contributed by atoms with Crippen molar-refractivity contribution in [1.82, 2.24) is 0 Å². The molecule has 2 heteroatoms. The first-order valence-electron chi connectivity index (χ1n) is 7.25. The SMILES string of the molecule is CC1CC[C@H]([Se]c2ccccc2)[C@@H](c2ccccc2)O1. The van der Waals surface area contributed by atoms with E-state index >= 15 is 0 Å². The summed E-state index contributed by atoms with van der Waals surface area (Å²) in [6.07, 6.45) is 3.10. The fraction of sp³-hybridized carbons (Fsp3) is 0.333. The Bertz CT molecular complexity index is 526. The van der Waals surface area contributed by atoms with E-state index in [1.54, 1.807) is 0 Å². The molecular formula is C18H20OSe. The number of benzene rings is 2. The first kappa shape index (κ1) is 13.9. The second-order valence-corrected chi connectivity index (χ2v) is 8.08. The molecule has 0 spiro atoms. The molecule has 0 saturated carbocycles. The molecule has 0 bridgehead atoms. The zero-order valence-corrected chi connectivity index (χ0v) is 13.4. The first-order chi connectivity index (χ1) is 9.83. The average Bonchev–Trinajstić information content (AvgIpc) is 2.51. The van der Waals surface area contributed by atoms with E-state index in [0.717, 1.165) is 0 Å². The van der Waals surface area contributed by atoms with Gasteiger partial charge in [-0.15, -0.1) is 0 Å². The zero-order chi connectivity index (χ0) is 13.8. The summed E-state index contributed by atoms with van der Waals surface area (Å²) in [6.45, 7) is 2.20. The van der Waals surface area contributed by atoms with Crippen LogP contribution in [-0.2, 0) is 4.74 Å². The van der Waals surface area contributed by atoms with Crippen LogP contribution in [0.25, 0.3) is 0 Å². The van der Waals surface area contributed by atoms with Crippen LogP contribution in [0.3, 0.4) is 0 Å². The summed E-state index contributed by atoms with van der Waals surface area (Å²) >= 11 is 0.474. The van der Waals surface area contributed by atoms with Crippen LogP contribution in [0.2, 0.25) is 4.82 Å². The van der Waals surface area contributed by atoms with Gasteiger partial charge in [0, 0.05) is 0 Å². The molecule has 3 atom stereocenters. The molecule has 3 rings (SSSR count). The quantitative estimate of drug-likeness (QED) is 0.779. The first-order valence-corrected chi connectivity index (χ1v) is 9.09. The molecule has 1 saturated heterocycles. The van der Waals surface area contributed by atoms with Crippen molar-refractivity contribution >= 4 is 19.4 Å². The summed E-state index contributed by atoms with van der Waals surface area (Å²) in [5.74, 6) is 0. The molecule has 0 amide bonds. The summed E-state index contributed by atoms with van der Waals surface area (Å²) in [5.41, 5.74) is 1.34. The molecule has 0 radical (unpaired) electrons. The van der Waals surface area contributed by atoms with Crippen LogP contribution in [-0.4, -0.2) is 21.1 Å². The summed E-state index contributed by atoms with van der Waals surface area (Å²) in [6, 6.07) is 21.6. The van der Waals surface area contributed by atoms with E-state index in [4.69, 9.17) is 4.74 Å². The topological polar surface area (TPSA) is 9.23 Å². The van der Waals surface area contributed by atoms with Crippen LogP contribution >= 0.6 is 0 Å². The molecule has 1 fully saturated rings. The molecule has 2 aromatic carbocycles. The van der Waals surface area contributed by atoms with Gasteiger partial charge in [-0.2, -0.15) is 0 Å². The predicted molar refractivity (Wildman–Crippen MR) is 84.5 cm³/mol. The van der Waals surface area contributed by atoms with Gasteiger partial charge in [0.15, 0.2) is 0 Å². The predicted octanol–water partition coefficient (Wildman–Crippen LogP) is 3.74. The fourth-order valence-electron chi connectivity index (χ4n) is 2.69. The summed E-state index contributed by atoms with van der Waals surface area (Å²) in [7, 11) is 0. The standard InChI is InChI=1S/C18H20OSe/c1-14-12-13-17(20-16-10-6-3-7-11-16)18(19-14)15-8-4-2-5-9-15/h2-11,14,17-18H,12-13H2,1H3/t14?,17-,18+/m0/s1. The van der Waals surface area contributed by atoms with Crippen molar-refractivity contribution in [3.8, 4) is 0 Å². The maximum atomic E-state index is 6.27. The van der Waals surface area contributed by atoms with E-state index in [2.05, 4.69) is 67.6 Å². The van der Waals surface area contributed by atoms with E-state index in [1.807, 2.05) is 0 Å². The molecule has 0 aromatic heterocycles. The molecular weight excluding hydrogens is 311 g/mol. The van der Waals surface area contributed by atoms with Crippen molar-refractivity contribution in [2.45, 2.75) is 36.8 Å². The van der Waals surface area contributed by atoms with E-state index in [-0.39, 0.29) is 6.10 Å². The van der Waals surface area contributed by atoms with Crippen LogP contribution in [0.1, 0.15) is 31.4 Å². The molecule has 1 aliphatic rings. The zero-order valence-electron chi connectivity index (χ0n) is 11.7. The van der Waals surface area contributed by atoms with Crippen molar-refractivity contribution < 1.29 is 4.74 Å².